The van der Waals surface area contributed by atoms with Crippen LogP contribution in [0.3, 0.4) is 0 Å². The first-order valence-electron chi connectivity index (χ1n) is 6.68. The zero-order valence-electron chi connectivity index (χ0n) is 11.1. The van der Waals surface area contributed by atoms with Gasteiger partial charge in [-0.15, -0.1) is 0 Å². The van der Waals surface area contributed by atoms with Crippen LogP contribution in [-0.2, 0) is 4.79 Å². The van der Waals surface area contributed by atoms with E-state index in [0.717, 1.165) is 44.9 Å². The summed E-state index contributed by atoms with van der Waals surface area (Å²) in [6.45, 7) is 7.50. The summed E-state index contributed by atoms with van der Waals surface area (Å²) >= 11 is 0. The predicted molar refractivity (Wildman–Crippen MR) is 69.7 cm³/mol. The summed E-state index contributed by atoms with van der Waals surface area (Å²) in [6, 6.07) is 0. The summed E-state index contributed by atoms with van der Waals surface area (Å²) in [5, 5.41) is 13.3. The Morgan fingerprint density at radius 2 is 2.24 bits per heavy atom. The van der Waals surface area contributed by atoms with Crippen LogP contribution in [0.25, 0.3) is 0 Å². The second-order valence-electron chi connectivity index (χ2n) is 5.26. The normalized spacial score (nSPS) is 28.8. The van der Waals surface area contributed by atoms with Crippen LogP contribution in [0.1, 0.15) is 58.8 Å². The fourth-order valence-electron chi connectivity index (χ4n) is 2.55. The van der Waals surface area contributed by atoms with Crippen LogP contribution < -0.4 is 5.32 Å². The van der Waals surface area contributed by atoms with Gasteiger partial charge in [0.25, 0.3) is 0 Å². The fraction of sp³-hybridized carbons (Fsp3) is 0.786. The lowest BCUT2D eigenvalue weighted by molar-refractivity contribution is -0.122. The zero-order valence-corrected chi connectivity index (χ0v) is 11.1. The van der Waals surface area contributed by atoms with Crippen molar-refractivity contribution < 1.29 is 9.90 Å². The summed E-state index contributed by atoms with van der Waals surface area (Å²) in [5.41, 5.74) is 0.100. The lowest BCUT2D eigenvalue weighted by Gasteiger charge is -2.42. The van der Waals surface area contributed by atoms with Gasteiger partial charge < -0.3 is 10.4 Å². The van der Waals surface area contributed by atoms with E-state index < -0.39 is 11.6 Å². The number of unbranched alkanes of at least 4 members (excludes halogenated alkanes) is 1. The molecule has 2 unspecified atom stereocenters. The molecule has 3 nitrogen and oxygen atoms in total. The van der Waals surface area contributed by atoms with Crippen molar-refractivity contribution in [3.63, 3.8) is 0 Å². The summed E-state index contributed by atoms with van der Waals surface area (Å²) < 4.78 is 0. The maximum atomic E-state index is 11.8. The molecule has 17 heavy (non-hydrogen) atoms. The van der Waals surface area contributed by atoms with Gasteiger partial charge in [-0.05, 0) is 26.2 Å². The lowest BCUT2D eigenvalue weighted by atomic mass is 9.75. The molecule has 1 aliphatic carbocycles. The Morgan fingerprint density at radius 1 is 1.53 bits per heavy atom. The fourth-order valence-corrected chi connectivity index (χ4v) is 2.55. The molecule has 0 aliphatic heterocycles. The number of rotatable bonds is 5. The van der Waals surface area contributed by atoms with Crippen LogP contribution in [0.4, 0.5) is 0 Å². The molecule has 98 valence electrons. The van der Waals surface area contributed by atoms with Crippen LogP contribution >= 0.6 is 0 Å². The van der Waals surface area contributed by atoms with Crippen molar-refractivity contribution in [3.8, 4) is 0 Å². The Morgan fingerprint density at radius 3 is 2.76 bits per heavy atom. The molecule has 0 aromatic heterocycles. The number of amides is 1. The zero-order chi connectivity index (χ0) is 12.9. The first-order chi connectivity index (χ1) is 8.02. The standard InChI is InChI=1S/C14H25NO2/c1-4-5-9-14(15-13(17)11(2)3)10-7-6-8-12(14)16/h12,16H,2,4-10H2,1,3H3,(H,15,17). The number of hydrogen-bond acceptors (Lipinski definition) is 2. The monoisotopic (exact) mass is 239 g/mol. The summed E-state index contributed by atoms with van der Waals surface area (Å²) in [7, 11) is 0. The van der Waals surface area contributed by atoms with Crippen molar-refractivity contribution in [3.05, 3.63) is 12.2 Å². The van der Waals surface area contributed by atoms with Gasteiger partial charge in [-0.1, -0.05) is 39.2 Å². The maximum Gasteiger partial charge on any atom is 0.246 e. The number of aliphatic hydroxyl groups excluding tert-OH is 1. The molecule has 0 bridgehead atoms. The number of aliphatic hydroxyl groups is 1. The molecule has 2 N–H and O–H groups in total. The van der Waals surface area contributed by atoms with E-state index in [1.54, 1.807) is 6.92 Å². The highest BCUT2D eigenvalue weighted by atomic mass is 16.3. The van der Waals surface area contributed by atoms with E-state index in [1.165, 1.54) is 0 Å². The minimum Gasteiger partial charge on any atom is -0.391 e. The molecule has 0 radical (unpaired) electrons. The van der Waals surface area contributed by atoms with Crippen LogP contribution in [0, 0.1) is 0 Å². The van der Waals surface area contributed by atoms with Crippen molar-refractivity contribution in [1.29, 1.82) is 0 Å². The predicted octanol–water partition coefficient (Wildman–Crippen LogP) is 2.54. The van der Waals surface area contributed by atoms with Crippen LogP contribution in [-0.4, -0.2) is 22.7 Å². The minimum absolute atomic E-state index is 0.123. The second kappa shape index (κ2) is 6.20. The van der Waals surface area contributed by atoms with E-state index >= 15 is 0 Å². The number of nitrogens with one attached hydrogen (secondary N) is 1. The molecular weight excluding hydrogens is 214 g/mol. The SMILES string of the molecule is C=C(C)C(=O)NC1(CCCC)CCCCC1O. The summed E-state index contributed by atoms with van der Waals surface area (Å²) in [4.78, 5) is 11.8. The molecule has 0 heterocycles. The van der Waals surface area contributed by atoms with E-state index in [0.29, 0.717) is 5.57 Å². The molecular formula is C14H25NO2. The third-order valence-corrected chi connectivity index (χ3v) is 3.71. The Hall–Kier alpha value is -0.830. The molecule has 1 amide bonds. The van der Waals surface area contributed by atoms with Crippen LogP contribution in [0.2, 0.25) is 0 Å². The Balaban J connectivity index is 2.76. The maximum absolute atomic E-state index is 11.8. The molecule has 1 saturated carbocycles. The van der Waals surface area contributed by atoms with E-state index in [-0.39, 0.29) is 5.91 Å². The molecule has 0 spiro atoms. The Kier molecular flexibility index (Phi) is 5.19. The number of carbonyl (C=O) groups is 1. The molecule has 1 fully saturated rings. The first kappa shape index (κ1) is 14.2. The van der Waals surface area contributed by atoms with Gasteiger partial charge in [-0.25, -0.2) is 0 Å². The van der Waals surface area contributed by atoms with Crippen molar-refractivity contribution in [2.75, 3.05) is 0 Å². The molecule has 0 saturated heterocycles. The quantitative estimate of drug-likeness (QED) is 0.724. The van der Waals surface area contributed by atoms with Gasteiger partial charge >= 0.3 is 0 Å². The average molecular weight is 239 g/mol. The van der Waals surface area contributed by atoms with Gasteiger partial charge in [0.2, 0.25) is 5.91 Å². The largest absolute Gasteiger partial charge is 0.391 e. The second-order valence-corrected chi connectivity index (χ2v) is 5.26. The average Bonchev–Trinajstić information content (AvgIpc) is 2.30. The van der Waals surface area contributed by atoms with Gasteiger partial charge in [0, 0.05) is 5.57 Å². The Bertz CT molecular complexity index is 288. The van der Waals surface area contributed by atoms with Gasteiger partial charge in [-0.2, -0.15) is 0 Å². The molecule has 1 rings (SSSR count). The highest BCUT2D eigenvalue weighted by Crippen LogP contribution is 2.33. The van der Waals surface area contributed by atoms with E-state index in [4.69, 9.17) is 0 Å². The summed E-state index contributed by atoms with van der Waals surface area (Å²) in [6.07, 6.45) is 6.38. The summed E-state index contributed by atoms with van der Waals surface area (Å²) in [5.74, 6) is -0.123. The van der Waals surface area contributed by atoms with Crippen LogP contribution in [0.5, 0.6) is 0 Å². The van der Waals surface area contributed by atoms with Crippen molar-refractivity contribution in [2.45, 2.75) is 70.4 Å². The van der Waals surface area contributed by atoms with Crippen molar-refractivity contribution in [1.82, 2.24) is 5.32 Å². The van der Waals surface area contributed by atoms with Crippen molar-refractivity contribution in [2.24, 2.45) is 0 Å². The van der Waals surface area contributed by atoms with E-state index in [1.807, 2.05) is 0 Å². The van der Waals surface area contributed by atoms with Crippen LogP contribution in [0.15, 0.2) is 12.2 Å². The molecule has 0 aromatic rings. The number of carbonyl (C=O) groups excluding carboxylic acids is 1. The van der Waals surface area contributed by atoms with E-state index in [2.05, 4.69) is 18.8 Å². The van der Waals surface area contributed by atoms with Gasteiger partial charge in [0.1, 0.15) is 0 Å². The highest BCUT2D eigenvalue weighted by Gasteiger charge is 2.40. The van der Waals surface area contributed by atoms with Gasteiger partial charge in [0.05, 0.1) is 11.6 Å². The smallest absolute Gasteiger partial charge is 0.246 e. The highest BCUT2D eigenvalue weighted by molar-refractivity contribution is 5.92. The molecule has 3 heteroatoms. The third-order valence-electron chi connectivity index (χ3n) is 3.71. The molecule has 0 aromatic carbocycles. The molecule has 2 atom stereocenters. The van der Waals surface area contributed by atoms with Gasteiger partial charge in [-0.3, -0.25) is 4.79 Å². The van der Waals surface area contributed by atoms with E-state index in [9.17, 15) is 9.90 Å². The minimum atomic E-state index is -0.412. The Labute approximate surface area is 104 Å². The number of hydrogen-bond donors (Lipinski definition) is 2. The topological polar surface area (TPSA) is 49.3 Å². The third kappa shape index (κ3) is 3.56. The first-order valence-corrected chi connectivity index (χ1v) is 6.68. The van der Waals surface area contributed by atoms with Crippen molar-refractivity contribution >= 4 is 5.91 Å². The van der Waals surface area contributed by atoms with Gasteiger partial charge in [0.15, 0.2) is 0 Å². The lowest BCUT2D eigenvalue weighted by Crippen LogP contribution is -2.58. The molecule has 1 aliphatic rings.